The van der Waals surface area contributed by atoms with E-state index >= 15 is 0 Å². The molecule has 1 fully saturated rings. The molecule has 1 saturated heterocycles. The van der Waals surface area contributed by atoms with Crippen LogP contribution in [0.4, 0.5) is 0 Å². The highest BCUT2D eigenvalue weighted by atomic mass is 32.2. The lowest BCUT2D eigenvalue weighted by Gasteiger charge is -2.32. The topological polar surface area (TPSA) is 61.9 Å². The van der Waals surface area contributed by atoms with Gasteiger partial charge in [0.05, 0.1) is 12.2 Å². The molecule has 1 aromatic carbocycles. The van der Waals surface area contributed by atoms with Crippen LogP contribution in [-0.4, -0.2) is 86.1 Å². The van der Waals surface area contributed by atoms with Gasteiger partial charge in [0.1, 0.15) is 6.61 Å². The number of rotatable bonds is 10. The molecule has 1 aromatic rings. The normalized spacial score (nSPS) is 15.6. The molecule has 0 spiro atoms. The van der Waals surface area contributed by atoms with Crippen molar-refractivity contribution in [2.24, 2.45) is 0 Å². The maximum Gasteiger partial charge on any atom is 0.315 e. The highest BCUT2D eigenvalue weighted by Gasteiger charge is 2.13. The Morgan fingerprint density at radius 1 is 1.15 bits per heavy atom. The fourth-order valence-electron chi connectivity index (χ4n) is 2.66. The van der Waals surface area contributed by atoms with E-state index in [9.17, 15) is 9.59 Å². The Morgan fingerprint density at radius 3 is 2.62 bits per heavy atom. The first kappa shape index (κ1) is 20.7. The maximum atomic E-state index is 11.8. The Labute approximate surface area is 160 Å². The SMILES string of the molecule is CN1CCN(CCOC(=O)CSCCNC(=O)Cc2ccccc2)CC1. The predicted octanol–water partition coefficient (Wildman–Crippen LogP) is 0.869. The third-order valence-corrected chi connectivity index (χ3v) is 5.20. The number of ether oxygens (including phenoxy) is 1. The van der Waals surface area contributed by atoms with E-state index in [1.165, 1.54) is 11.8 Å². The largest absolute Gasteiger partial charge is 0.464 e. The van der Waals surface area contributed by atoms with Crippen LogP contribution in [0, 0.1) is 0 Å². The first-order chi connectivity index (χ1) is 12.6. The van der Waals surface area contributed by atoms with E-state index in [4.69, 9.17) is 4.74 Å². The number of thioether (sulfide) groups is 1. The zero-order valence-corrected chi connectivity index (χ0v) is 16.3. The number of nitrogens with one attached hydrogen (secondary N) is 1. The minimum Gasteiger partial charge on any atom is -0.464 e. The van der Waals surface area contributed by atoms with E-state index in [1.807, 2.05) is 30.3 Å². The minimum atomic E-state index is -0.181. The van der Waals surface area contributed by atoms with Crippen LogP contribution in [0.5, 0.6) is 0 Å². The van der Waals surface area contributed by atoms with Crippen LogP contribution >= 0.6 is 11.8 Å². The molecule has 1 aliphatic heterocycles. The van der Waals surface area contributed by atoms with Gasteiger partial charge in [-0.05, 0) is 12.6 Å². The molecular formula is C19H29N3O3S. The highest BCUT2D eigenvalue weighted by Crippen LogP contribution is 2.02. The Morgan fingerprint density at radius 2 is 1.88 bits per heavy atom. The molecule has 0 aromatic heterocycles. The minimum absolute atomic E-state index is 0.00607. The van der Waals surface area contributed by atoms with E-state index in [-0.39, 0.29) is 11.9 Å². The van der Waals surface area contributed by atoms with Gasteiger partial charge in [-0.1, -0.05) is 30.3 Å². The van der Waals surface area contributed by atoms with Gasteiger partial charge in [-0.3, -0.25) is 14.5 Å². The second kappa shape index (κ2) is 11.9. The number of benzene rings is 1. The van der Waals surface area contributed by atoms with Crippen molar-refractivity contribution in [3.63, 3.8) is 0 Å². The predicted molar refractivity (Wildman–Crippen MR) is 105 cm³/mol. The number of esters is 1. The standard InChI is InChI=1S/C19H29N3O3S/c1-21-8-10-22(11-9-21)12-13-25-19(24)16-26-14-7-20-18(23)15-17-5-3-2-4-6-17/h2-6H,7-16H2,1H3,(H,20,23). The van der Waals surface area contributed by atoms with Crippen LogP contribution in [0.25, 0.3) is 0 Å². The van der Waals surface area contributed by atoms with Gasteiger partial charge in [0, 0.05) is 45.0 Å². The number of carbonyl (C=O) groups excluding carboxylic acids is 2. The fraction of sp³-hybridized carbons (Fsp3) is 0.579. The molecule has 0 bridgehead atoms. The second-order valence-electron chi connectivity index (χ2n) is 6.43. The van der Waals surface area contributed by atoms with Crippen molar-refractivity contribution in [2.45, 2.75) is 6.42 Å². The van der Waals surface area contributed by atoms with Gasteiger partial charge >= 0.3 is 5.97 Å². The van der Waals surface area contributed by atoms with Gasteiger partial charge in [-0.25, -0.2) is 0 Å². The van der Waals surface area contributed by atoms with Crippen molar-refractivity contribution >= 4 is 23.6 Å². The van der Waals surface area contributed by atoms with Crippen molar-refractivity contribution in [1.82, 2.24) is 15.1 Å². The van der Waals surface area contributed by atoms with Crippen molar-refractivity contribution in [2.75, 3.05) is 64.4 Å². The van der Waals surface area contributed by atoms with Crippen molar-refractivity contribution in [3.05, 3.63) is 35.9 Å². The third kappa shape index (κ3) is 8.69. The summed E-state index contributed by atoms with van der Waals surface area (Å²) >= 11 is 1.49. The molecule has 1 heterocycles. The lowest BCUT2D eigenvalue weighted by Crippen LogP contribution is -2.45. The number of piperazine rings is 1. The van der Waals surface area contributed by atoms with Crippen LogP contribution < -0.4 is 5.32 Å². The molecule has 26 heavy (non-hydrogen) atoms. The summed E-state index contributed by atoms with van der Waals surface area (Å²) in [6, 6.07) is 9.66. The number of hydrogen-bond donors (Lipinski definition) is 1. The average molecular weight is 380 g/mol. The molecule has 1 aliphatic rings. The van der Waals surface area contributed by atoms with E-state index in [0.717, 1.165) is 38.3 Å². The molecule has 144 valence electrons. The second-order valence-corrected chi connectivity index (χ2v) is 7.54. The van der Waals surface area contributed by atoms with Crippen molar-refractivity contribution < 1.29 is 14.3 Å². The summed E-state index contributed by atoms with van der Waals surface area (Å²) in [5.41, 5.74) is 1.00. The highest BCUT2D eigenvalue weighted by molar-refractivity contribution is 7.99. The lowest BCUT2D eigenvalue weighted by molar-refractivity contribution is -0.140. The zero-order chi connectivity index (χ0) is 18.6. The molecule has 6 nitrogen and oxygen atoms in total. The van der Waals surface area contributed by atoms with Gasteiger partial charge in [-0.2, -0.15) is 0 Å². The van der Waals surface area contributed by atoms with Crippen LogP contribution in [0.2, 0.25) is 0 Å². The molecule has 1 amide bonds. The van der Waals surface area contributed by atoms with Crippen molar-refractivity contribution in [1.29, 1.82) is 0 Å². The summed E-state index contributed by atoms with van der Waals surface area (Å²) in [6.07, 6.45) is 0.389. The van der Waals surface area contributed by atoms with Gasteiger partial charge < -0.3 is 15.0 Å². The Kier molecular flexibility index (Phi) is 9.52. The molecule has 0 aliphatic carbocycles. The number of amides is 1. The summed E-state index contributed by atoms with van der Waals surface area (Å²) in [5.74, 6) is 0.858. The van der Waals surface area contributed by atoms with Gasteiger partial charge in [-0.15, -0.1) is 11.8 Å². The molecule has 0 unspecified atom stereocenters. The lowest BCUT2D eigenvalue weighted by atomic mass is 10.1. The molecule has 0 saturated carbocycles. The van der Waals surface area contributed by atoms with E-state index < -0.39 is 0 Å². The molecule has 1 N–H and O–H groups in total. The Balaban J connectivity index is 1.44. The zero-order valence-electron chi connectivity index (χ0n) is 15.5. The molecule has 2 rings (SSSR count). The first-order valence-corrected chi connectivity index (χ1v) is 10.2. The van der Waals surface area contributed by atoms with Crippen molar-refractivity contribution in [3.8, 4) is 0 Å². The van der Waals surface area contributed by atoms with E-state index in [2.05, 4.69) is 22.2 Å². The van der Waals surface area contributed by atoms with Gasteiger partial charge in [0.25, 0.3) is 0 Å². The molecular weight excluding hydrogens is 350 g/mol. The number of likely N-dealkylation sites (N-methyl/N-ethyl adjacent to an activating group) is 1. The summed E-state index contributed by atoms with van der Waals surface area (Å²) in [7, 11) is 2.12. The average Bonchev–Trinajstić information content (AvgIpc) is 2.64. The summed E-state index contributed by atoms with van der Waals surface area (Å²) in [6.45, 7) is 6.03. The van der Waals surface area contributed by atoms with Crippen LogP contribution in [0.3, 0.4) is 0 Å². The first-order valence-electron chi connectivity index (χ1n) is 9.08. The number of nitrogens with zero attached hydrogens (tertiary/aromatic N) is 2. The quantitative estimate of drug-likeness (QED) is 0.481. The van der Waals surface area contributed by atoms with Crippen LogP contribution in [0.15, 0.2) is 30.3 Å². The van der Waals surface area contributed by atoms with Crippen LogP contribution in [0.1, 0.15) is 5.56 Å². The fourth-order valence-corrected chi connectivity index (χ4v) is 3.30. The van der Waals surface area contributed by atoms with E-state index in [0.29, 0.717) is 31.1 Å². The van der Waals surface area contributed by atoms with Crippen LogP contribution in [-0.2, 0) is 20.7 Å². The van der Waals surface area contributed by atoms with E-state index in [1.54, 1.807) is 0 Å². The molecule has 7 heteroatoms. The maximum absolute atomic E-state index is 11.8. The Hall–Kier alpha value is -1.57. The van der Waals surface area contributed by atoms with Gasteiger partial charge in [0.2, 0.25) is 5.91 Å². The summed E-state index contributed by atoms with van der Waals surface area (Å²) < 4.78 is 5.28. The summed E-state index contributed by atoms with van der Waals surface area (Å²) in [4.78, 5) is 28.1. The molecule has 0 radical (unpaired) electrons. The number of hydrogen-bond acceptors (Lipinski definition) is 6. The monoisotopic (exact) mass is 379 g/mol. The third-order valence-electron chi connectivity index (χ3n) is 4.26. The molecule has 0 atom stereocenters. The van der Waals surface area contributed by atoms with Gasteiger partial charge in [0.15, 0.2) is 0 Å². The Bertz CT molecular complexity index is 548. The smallest absolute Gasteiger partial charge is 0.315 e. The summed E-state index contributed by atoms with van der Waals surface area (Å²) in [5, 5.41) is 2.87. The number of carbonyl (C=O) groups is 2.